The van der Waals surface area contributed by atoms with Crippen molar-refractivity contribution in [3.63, 3.8) is 0 Å². The highest BCUT2D eigenvalue weighted by molar-refractivity contribution is 7.48. The number of imidazole rings is 1. The Morgan fingerprint density at radius 2 is 2.17 bits per heavy atom. The molecular formula is C16H22F2N5O6P. The van der Waals surface area contributed by atoms with E-state index in [1.807, 2.05) is 0 Å². The number of fused-ring (bicyclic) bond motifs is 2. The summed E-state index contributed by atoms with van der Waals surface area (Å²) in [4.78, 5) is 12.2. The van der Waals surface area contributed by atoms with Crippen LogP contribution in [0.2, 0.25) is 0 Å². The molecule has 2 aliphatic rings. The summed E-state index contributed by atoms with van der Waals surface area (Å²) in [7, 11) is -4.19. The third-order valence-corrected chi connectivity index (χ3v) is 6.22. The van der Waals surface area contributed by atoms with Crippen LogP contribution in [0.25, 0.3) is 11.2 Å². The highest BCUT2D eigenvalue weighted by Crippen LogP contribution is 2.63. The molecule has 30 heavy (non-hydrogen) atoms. The zero-order valence-corrected chi connectivity index (χ0v) is 17.6. The third-order valence-electron chi connectivity index (χ3n) is 4.63. The van der Waals surface area contributed by atoms with Gasteiger partial charge >= 0.3 is 7.82 Å². The second-order valence-corrected chi connectivity index (χ2v) is 8.99. The minimum absolute atomic E-state index is 0.0737. The van der Waals surface area contributed by atoms with E-state index >= 15 is 8.78 Å². The number of alkyl halides is 2. The predicted octanol–water partition coefficient (Wildman–Crippen LogP) is 2.68. The number of phosphoric acid groups is 1. The Morgan fingerprint density at radius 3 is 2.83 bits per heavy atom. The summed E-state index contributed by atoms with van der Waals surface area (Å²) in [6, 6.07) is 0. The molecule has 14 heteroatoms. The Bertz CT molecular complexity index is 1020. The fourth-order valence-corrected chi connectivity index (χ4v) is 5.13. The molecule has 0 bridgehead atoms. The summed E-state index contributed by atoms with van der Waals surface area (Å²) < 4.78 is 71.2. The zero-order chi connectivity index (χ0) is 21.9. The highest BCUT2D eigenvalue weighted by atomic mass is 31.2. The van der Waals surface area contributed by atoms with Gasteiger partial charge in [0.15, 0.2) is 29.2 Å². The largest absolute Gasteiger partial charge is 0.476 e. The lowest BCUT2D eigenvalue weighted by molar-refractivity contribution is -0.220. The van der Waals surface area contributed by atoms with Gasteiger partial charge in [0, 0.05) is 0 Å². The molecular weight excluding hydrogens is 427 g/mol. The Kier molecular flexibility index (Phi) is 5.02. The van der Waals surface area contributed by atoms with Gasteiger partial charge in [0.2, 0.25) is 11.8 Å². The summed E-state index contributed by atoms with van der Waals surface area (Å²) in [6.07, 6.45) is -2.83. The van der Waals surface area contributed by atoms with E-state index in [1.165, 1.54) is 6.33 Å². The van der Waals surface area contributed by atoms with Gasteiger partial charge in [-0.25, -0.2) is 18.3 Å². The molecule has 166 valence electrons. The number of hydrogen-bond acceptors (Lipinski definition) is 10. The number of anilines is 1. The van der Waals surface area contributed by atoms with Crippen LogP contribution in [-0.2, 0) is 22.9 Å². The van der Waals surface area contributed by atoms with Crippen LogP contribution in [0.15, 0.2) is 6.33 Å². The number of hydrogen-bond donors (Lipinski definition) is 1. The first-order valence-corrected chi connectivity index (χ1v) is 10.7. The molecule has 0 amide bonds. The molecule has 4 rings (SSSR count). The molecule has 4 heterocycles. The van der Waals surface area contributed by atoms with Gasteiger partial charge in [0.05, 0.1) is 19.0 Å². The first-order valence-electron chi connectivity index (χ1n) is 9.29. The lowest BCUT2D eigenvalue weighted by Gasteiger charge is -2.36. The van der Waals surface area contributed by atoms with Gasteiger partial charge in [-0.2, -0.15) is 9.97 Å². The van der Waals surface area contributed by atoms with Crippen LogP contribution < -0.4 is 10.5 Å². The van der Waals surface area contributed by atoms with Crippen LogP contribution in [0.5, 0.6) is 5.88 Å². The molecule has 0 radical (unpaired) electrons. The molecule has 11 nitrogen and oxygen atoms in total. The molecule has 2 N–H and O–H groups in total. The first kappa shape index (κ1) is 21.3. The molecule has 2 fully saturated rings. The van der Waals surface area contributed by atoms with Crippen LogP contribution in [0.4, 0.5) is 14.7 Å². The van der Waals surface area contributed by atoms with E-state index in [4.69, 9.17) is 28.8 Å². The molecule has 1 unspecified atom stereocenters. The second kappa shape index (κ2) is 7.06. The van der Waals surface area contributed by atoms with E-state index in [0.29, 0.717) is 0 Å². The van der Waals surface area contributed by atoms with E-state index in [9.17, 15) is 4.57 Å². The number of nitrogen functional groups attached to an aromatic ring is 1. The van der Waals surface area contributed by atoms with Crippen LogP contribution in [0.3, 0.4) is 0 Å². The maximum atomic E-state index is 15.9. The molecule has 5 atom stereocenters. The van der Waals surface area contributed by atoms with Gasteiger partial charge in [-0.3, -0.25) is 18.1 Å². The number of phosphoric ester groups is 1. The number of rotatable bonds is 5. The van der Waals surface area contributed by atoms with Crippen molar-refractivity contribution in [1.82, 2.24) is 19.5 Å². The number of halogens is 2. The summed E-state index contributed by atoms with van der Waals surface area (Å²) in [5.74, 6) is -2.77. The van der Waals surface area contributed by atoms with Gasteiger partial charge in [0.25, 0.3) is 5.85 Å². The molecule has 0 aliphatic carbocycles. The van der Waals surface area contributed by atoms with Gasteiger partial charge in [0.1, 0.15) is 6.61 Å². The third kappa shape index (κ3) is 3.34. The average molecular weight is 449 g/mol. The van der Waals surface area contributed by atoms with Crippen LogP contribution >= 0.6 is 7.82 Å². The van der Waals surface area contributed by atoms with Crippen molar-refractivity contribution >= 4 is 24.9 Å². The molecule has 0 saturated carbocycles. The smallest absolute Gasteiger partial charge is 0.475 e. The molecule has 0 spiro atoms. The topological polar surface area (TPSA) is 133 Å². The van der Waals surface area contributed by atoms with E-state index in [1.54, 1.807) is 20.8 Å². The molecule has 2 aromatic rings. The van der Waals surface area contributed by atoms with Gasteiger partial charge < -0.3 is 15.2 Å². The summed E-state index contributed by atoms with van der Waals surface area (Å²) in [5.41, 5.74) is 3.49. The molecule has 0 aromatic carbocycles. The van der Waals surface area contributed by atoms with Crippen molar-refractivity contribution in [2.75, 3.05) is 18.9 Å². The first-order chi connectivity index (χ1) is 14.0. The van der Waals surface area contributed by atoms with Crippen LogP contribution in [0.1, 0.15) is 33.9 Å². The van der Waals surface area contributed by atoms with E-state index in [2.05, 4.69) is 15.0 Å². The minimum Gasteiger partial charge on any atom is -0.476 e. The van der Waals surface area contributed by atoms with Crippen molar-refractivity contribution in [3.05, 3.63) is 6.33 Å². The summed E-state index contributed by atoms with van der Waals surface area (Å²) >= 11 is 0. The van der Waals surface area contributed by atoms with Gasteiger partial charge in [-0.15, -0.1) is 0 Å². The number of aromatic nitrogens is 4. The Labute approximate surface area is 170 Å². The average Bonchev–Trinajstić information content (AvgIpc) is 3.13. The van der Waals surface area contributed by atoms with Crippen LogP contribution in [-0.4, -0.2) is 56.5 Å². The zero-order valence-electron chi connectivity index (χ0n) is 16.7. The fourth-order valence-electron chi connectivity index (χ4n) is 3.49. The lowest BCUT2D eigenvalue weighted by atomic mass is 9.97. The van der Waals surface area contributed by atoms with E-state index in [0.717, 1.165) is 11.5 Å². The lowest BCUT2D eigenvalue weighted by Crippen LogP contribution is -2.51. The van der Waals surface area contributed by atoms with Crippen molar-refractivity contribution < 1.29 is 36.4 Å². The number of nitrogens with two attached hydrogens (primary N) is 1. The fraction of sp³-hybridized carbons (Fsp3) is 0.688. The second-order valence-electron chi connectivity index (χ2n) is 7.41. The van der Waals surface area contributed by atoms with Gasteiger partial charge in [-0.1, -0.05) is 0 Å². The van der Waals surface area contributed by atoms with Crippen molar-refractivity contribution in [2.24, 2.45) is 0 Å². The highest BCUT2D eigenvalue weighted by Gasteiger charge is 2.70. The minimum atomic E-state index is -4.19. The van der Waals surface area contributed by atoms with Gasteiger partial charge in [-0.05, 0) is 27.7 Å². The standard InChI is InChI=1S/C16H22F2N5O6P/c1-5-25-11-9-10(21-14(19)22-11)23(7-20-9)13-15(4,17)12-16(18,27-13)6-26-30(24,29-12)28-8(2)3/h7-8,12-13H,5-6H2,1-4H3,(H2,19,21,22)/t12-,13?,15+,16+,30+/m0/s1. The molecule has 2 aromatic heterocycles. The Balaban J connectivity index is 1.74. The summed E-state index contributed by atoms with van der Waals surface area (Å²) in [6.45, 7) is 5.42. The van der Waals surface area contributed by atoms with Crippen molar-refractivity contribution in [1.29, 1.82) is 0 Å². The monoisotopic (exact) mass is 449 g/mol. The number of nitrogens with zero attached hydrogens (tertiary/aromatic N) is 4. The molecule has 2 aliphatic heterocycles. The van der Waals surface area contributed by atoms with E-state index < -0.39 is 44.4 Å². The Morgan fingerprint density at radius 1 is 1.43 bits per heavy atom. The SMILES string of the molecule is CCOc1nc(N)nc2c1ncn2C1O[C@]2(F)CO[P@](=O)(OC(C)C)O[C@H]2[C@@]1(C)F. The van der Waals surface area contributed by atoms with Crippen LogP contribution in [0, 0.1) is 0 Å². The van der Waals surface area contributed by atoms with Crippen molar-refractivity contribution in [2.45, 2.75) is 57.7 Å². The Hall–Kier alpha value is -1.92. The maximum absolute atomic E-state index is 15.9. The quantitative estimate of drug-likeness (QED) is 0.679. The number of ether oxygens (including phenoxy) is 2. The molecule has 2 saturated heterocycles. The van der Waals surface area contributed by atoms with Crippen molar-refractivity contribution in [3.8, 4) is 5.88 Å². The summed E-state index contributed by atoms with van der Waals surface area (Å²) in [5, 5.41) is 0. The predicted molar refractivity (Wildman–Crippen MR) is 99.0 cm³/mol. The normalized spacial score (nSPS) is 36.4. The maximum Gasteiger partial charge on any atom is 0.475 e. The van der Waals surface area contributed by atoms with E-state index in [-0.39, 0.29) is 29.6 Å².